The maximum atomic E-state index is 10.6. The normalized spacial score (nSPS) is 11.1. The quantitative estimate of drug-likeness (QED) is 0.133. The molecule has 0 saturated heterocycles. The van der Waals surface area contributed by atoms with Crippen LogP contribution in [-0.2, 0) is 18.9 Å². The van der Waals surface area contributed by atoms with Gasteiger partial charge in [0.05, 0.1) is 46.2 Å². The second-order valence-electron chi connectivity index (χ2n) is 8.17. The molecule has 190 valence electrons. The number of rotatable bonds is 25. The third kappa shape index (κ3) is 19.7. The van der Waals surface area contributed by atoms with Crippen LogP contribution in [0.15, 0.2) is 24.3 Å². The summed E-state index contributed by atoms with van der Waals surface area (Å²) in [5.41, 5.74) is 0.636. The zero-order valence-corrected chi connectivity index (χ0v) is 20.8. The lowest BCUT2D eigenvalue weighted by atomic mass is 10.1. The standard InChI is InChI=1S/C27H46O6/c1-2-3-4-5-6-7-8-9-10-11-16-29-17-18-30-19-20-31-21-22-32-23-24-33-27-14-12-26(25-28)13-15-27/h12-15,25H,2-11,16-24H2,1H3. The van der Waals surface area contributed by atoms with E-state index in [9.17, 15) is 4.79 Å². The molecule has 0 fully saturated rings. The highest BCUT2D eigenvalue weighted by Gasteiger charge is 1.97. The SMILES string of the molecule is CCCCCCCCCCCCOCCOCCOCCOCCOc1ccc(C=O)cc1. The maximum Gasteiger partial charge on any atom is 0.150 e. The largest absolute Gasteiger partial charge is 0.491 e. The van der Waals surface area contributed by atoms with Gasteiger partial charge in [-0.05, 0) is 30.7 Å². The topological polar surface area (TPSA) is 63.2 Å². The van der Waals surface area contributed by atoms with E-state index in [4.69, 9.17) is 23.7 Å². The van der Waals surface area contributed by atoms with E-state index in [2.05, 4.69) is 6.92 Å². The smallest absolute Gasteiger partial charge is 0.150 e. The van der Waals surface area contributed by atoms with Gasteiger partial charge < -0.3 is 23.7 Å². The minimum absolute atomic E-state index is 0.461. The lowest BCUT2D eigenvalue weighted by Crippen LogP contribution is -2.13. The van der Waals surface area contributed by atoms with Gasteiger partial charge in [0.25, 0.3) is 0 Å². The number of aldehydes is 1. The van der Waals surface area contributed by atoms with E-state index in [-0.39, 0.29) is 0 Å². The Bertz CT molecular complexity index is 534. The minimum Gasteiger partial charge on any atom is -0.491 e. The lowest BCUT2D eigenvalue weighted by Gasteiger charge is -2.08. The molecule has 0 spiro atoms. The molecule has 0 aliphatic rings. The molecule has 0 radical (unpaired) electrons. The molecule has 0 atom stereocenters. The molecule has 0 aromatic heterocycles. The summed E-state index contributed by atoms with van der Waals surface area (Å²) < 4.78 is 27.6. The van der Waals surface area contributed by atoms with Crippen LogP contribution in [0.4, 0.5) is 0 Å². The van der Waals surface area contributed by atoms with Gasteiger partial charge in [-0.2, -0.15) is 0 Å². The Hall–Kier alpha value is -1.47. The van der Waals surface area contributed by atoms with Gasteiger partial charge in [-0.15, -0.1) is 0 Å². The average Bonchev–Trinajstić information content (AvgIpc) is 2.85. The van der Waals surface area contributed by atoms with E-state index >= 15 is 0 Å². The first-order valence-electron chi connectivity index (χ1n) is 12.9. The van der Waals surface area contributed by atoms with Gasteiger partial charge in [-0.3, -0.25) is 4.79 Å². The number of carbonyl (C=O) groups is 1. The van der Waals surface area contributed by atoms with Crippen LogP contribution in [0.3, 0.4) is 0 Å². The number of hydrogen-bond donors (Lipinski definition) is 0. The number of carbonyl (C=O) groups excluding carboxylic acids is 1. The number of hydrogen-bond acceptors (Lipinski definition) is 6. The second kappa shape index (κ2) is 23.7. The van der Waals surface area contributed by atoms with Crippen LogP contribution in [0.25, 0.3) is 0 Å². The molecule has 6 heteroatoms. The van der Waals surface area contributed by atoms with E-state index in [1.54, 1.807) is 24.3 Å². The Morgan fingerprint density at radius 1 is 0.545 bits per heavy atom. The van der Waals surface area contributed by atoms with Gasteiger partial charge in [0.1, 0.15) is 18.6 Å². The van der Waals surface area contributed by atoms with Crippen molar-refractivity contribution in [1.29, 1.82) is 0 Å². The molecule has 0 heterocycles. The van der Waals surface area contributed by atoms with Gasteiger partial charge in [0.15, 0.2) is 0 Å². The molecule has 0 N–H and O–H groups in total. The van der Waals surface area contributed by atoms with Crippen LogP contribution in [-0.4, -0.2) is 65.7 Å². The number of ether oxygens (including phenoxy) is 5. The summed E-state index contributed by atoms with van der Waals surface area (Å²) in [6.07, 6.45) is 14.3. The van der Waals surface area contributed by atoms with Gasteiger partial charge in [0.2, 0.25) is 0 Å². The third-order valence-corrected chi connectivity index (χ3v) is 5.27. The Kier molecular flexibility index (Phi) is 21.2. The second-order valence-corrected chi connectivity index (χ2v) is 8.17. The van der Waals surface area contributed by atoms with Gasteiger partial charge in [-0.1, -0.05) is 64.7 Å². The molecule has 0 aliphatic heterocycles. The van der Waals surface area contributed by atoms with Gasteiger partial charge in [-0.25, -0.2) is 0 Å². The van der Waals surface area contributed by atoms with Crippen LogP contribution in [0.2, 0.25) is 0 Å². The fourth-order valence-corrected chi connectivity index (χ4v) is 3.31. The molecule has 1 rings (SSSR count). The maximum absolute atomic E-state index is 10.6. The van der Waals surface area contributed by atoms with Crippen molar-refractivity contribution in [2.24, 2.45) is 0 Å². The van der Waals surface area contributed by atoms with E-state index in [1.165, 1.54) is 57.8 Å². The summed E-state index contributed by atoms with van der Waals surface area (Å²) in [4.78, 5) is 10.6. The molecule has 0 aliphatic carbocycles. The van der Waals surface area contributed by atoms with E-state index in [0.717, 1.165) is 25.1 Å². The first kappa shape index (κ1) is 29.6. The minimum atomic E-state index is 0.461. The molecule has 0 unspecified atom stereocenters. The molecule has 6 nitrogen and oxygen atoms in total. The molecular weight excluding hydrogens is 420 g/mol. The van der Waals surface area contributed by atoms with Crippen molar-refractivity contribution < 1.29 is 28.5 Å². The third-order valence-electron chi connectivity index (χ3n) is 5.27. The number of benzene rings is 1. The first-order chi connectivity index (χ1) is 16.4. The molecule has 1 aromatic carbocycles. The summed E-state index contributed by atoms with van der Waals surface area (Å²) in [6.45, 7) is 7.50. The fraction of sp³-hybridized carbons (Fsp3) is 0.741. The number of unbranched alkanes of at least 4 members (excludes halogenated alkanes) is 9. The summed E-state index contributed by atoms with van der Waals surface area (Å²) in [7, 11) is 0. The van der Waals surface area contributed by atoms with Crippen molar-refractivity contribution >= 4 is 6.29 Å². The summed E-state index contributed by atoms with van der Waals surface area (Å²) >= 11 is 0. The van der Waals surface area contributed by atoms with Crippen molar-refractivity contribution in [3.63, 3.8) is 0 Å². The van der Waals surface area contributed by atoms with E-state index < -0.39 is 0 Å². The highest BCUT2D eigenvalue weighted by Crippen LogP contribution is 2.11. The van der Waals surface area contributed by atoms with Crippen LogP contribution in [0.1, 0.15) is 81.5 Å². The first-order valence-corrected chi connectivity index (χ1v) is 12.9. The van der Waals surface area contributed by atoms with Crippen LogP contribution < -0.4 is 4.74 Å². The predicted octanol–water partition coefficient (Wildman–Crippen LogP) is 5.87. The van der Waals surface area contributed by atoms with E-state index in [1.807, 2.05) is 0 Å². The average molecular weight is 467 g/mol. The Morgan fingerprint density at radius 2 is 0.970 bits per heavy atom. The molecule has 0 saturated carbocycles. The predicted molar refractivity (Wildman–Crippen MR) is 132 cm³/mol. The van der Waals surface area contributed by atoms with Crippen molar-refractivity contribution in [3.8, 4) is 5.75 Å². The Labute approximate surface area is 201 Å². The van der Waals surface area contributed by atoms with Gasteiger partial charge >= 0.3 is 0 Å². The van der Waals surface area contributed by atoms with Crippen LogP contribution in [0.5, 0.6) is 5.75 Å². The van der Waals surface area contributed by atoms with E-state index in [0.29, 0.717) is 58.4 Å². The lowest BCUT2D eigenvalue weighted by molar-refractivity contribution is -0.00487. The Balaban J connectivity index is 1.69. The fourth-order valence-electron chi connectivity index (χ4n) is 3.31. The highest BCUT2D eigenvalue weighted by atomic mass is 16.6. The van der Waals surface area contributed by atoms with Crippen molar-refractivity contribution in [3.05, 3.63) is 29.8 Å². The van der Waals surface area contributed by atoms with Crippen molar-refractivity contribution in [2.75, 3.05) is 59.5 Å². The molecule has 0 amide bonds. The summed E-state index contributed by atoms with van der Waals surface area (Å²) in [6, 6.07) is 7.00. The zero-order chi connectivity index (χ0) is 23.7. The molecule has 1 aromatic rings. The molecule has 33 heavy (non-hydrogen) atoms. The Morgan fingerprint density at radius 3 is 1.45 bits per heavy atom. The summed E-state index contributed by atoms with van der Waals surface area (Å²) in [5, 5.41) is 0. The highest BCUT2D eigenvalue weighted by molar-refractivity contribution is 5.74. The van der Waals surface area contributed by atoms with Crippen molar-refractivity contribution in [2.45, 2.75) is 71.1 Å². The summed E-state index contributed by atoms with van der Waals surface area (Å²) in [5.74, 6) is 0.727. The monoisotopic (exact) mass is 466 g/mol. The van der Waals surface area contributed by atoms with Crippen LogP contribution in [0, 0.1) is 0 Å². The molecular formula is C27H46O6. The van der Waals surface area contributed by atoms with Crippen molar-refractivity contribution in [1.82, 2.24) is 0 Å². The van der Waals surface area contributed by atoms with Gasteiger partial charge in [0, 0.05) is 12.2 Å². The van der Waals surface area contributed by atoms with Crippen LogP contribution >= 0.6 is 0 Å². The zero-order valence-electron chi connectivity index (χ0n) is 20.8. The molecule has 0 bridgehead atoms.